The van der Waals surface area contributed by atoms with Crippen molar-refractivity contribution in [1.29, 1.82) is 0 Å². The summed E-state index contributed by atoms with van der Waals surface area (Å²) in [5.74, 6) is 1.59. The van der Waals surface area contributed by atoms with E-state index in [0.717, 1.165) is 52.3 Å². The molecule has 1 fully saturated rings. The van der Waals surface area contributed by atoms with E-state index in [4.69, 9.17) is 14.7 Å². The van der Waals surface area contributed by atoms with Crippen molar-refractivity contribution in [3.05, 3.63) is 27.3 Å². The van der Waals surface area contributed by atoms with Crippen LogP contribution in [0.5, 0.6) is 0 Å². The van der Waals surface area contributed by atoms with Gasteiger partial charge < -0.3 is 19.9 Å². The highest BCUT2D eigenvalue weighted by molar-refractivity contribution is 7.11. The van der Waals surface area contributed by atoms with E-state index in [0.29, 0.717) is 19.8 Å². The van der Waals surface area contributed by atoms with Crippen molar-refractivity contribution >= 4 is 34.1 Å². The van der Waals surface area contributed by atoms with E-state index in [1.807, 2.05) is 13.8 Å². The second-order valence-electron chi connectivity index (χ2n) is 6.29. The maximum absolute atomic E-state index is 5.43. The fourth-order valence-corrected chi connectivity index (χ4v) is 3.82. The zero-order chi connectivity index (χ0) is 17.4. The van der Waals surface area contributed by atoms with Gasteiger partial charge in [-0.3, -0.25) is 0 Å². The van der Waals surface area contributed by atoms with E-state index in [-0.39, 0.29) is 0 Å². The van der Waals surface area contributed by atoms with E-state index >= 15 is 0 Å². The predicted octanol–water partition coefficient (Wildman–Crippen LogP) is 2.79. The Morgan fingerprint density at radius 2 is 2.00 bits per heavy atom. The molecule has 4 rings (SSSR count). The van der Waals surface area contributed by atoms with Crippen LogP contribution < -0.4 is 10.2 Å². The number of hydrogen-bond acceptors (Lipinski definition) is 7. The smallest absolute Gasteiger partial charge is 0.229 e. The Morgan fingerprint density at radius 3 is 2.72 bits per heavy atom. The van der Waals surface area contributed by atoms with E-state index < -0.39 is 0 Å². The van der Waals surface area contributed by atoms with Crippen molar-refractivity contribution in [2.45, 2.75) is 27.3 Å². The van der Waals surface area contributed by atoms with E-state index in [1.54, 1.807) is 11.3 Å². The van der Waals surface area contributed by atoms with Crippen LogP contribution in [-0.4, -0.2) is 46.2 Å². The molecule has 4 heterocycles. The summed E-state index contributed by atoms with van der Waals surface area (Å²) in [5, 5.41) is 5.54. The van der Waals surface area contributed by atoms with E-state index in [2.05, 4.69) is 33.2 Å². The number of fused-ring (bicyclic) bond motifs is 1. The molecule has 0 aliphatic carbocycles. The Labute approximate surface area is 150 Å². The number of anilines is 2. The van der Waals surface area contributed by atoms with Crippen LogP contribution in [0.3, 0.4) is 0 Å². The second kappa shape index (κ2) is 6.61. The minimum absolute atomic E-state index is 0.665. The quantitative estimate of drug-likeness (QED) is 0.747. The van der Waals surface area contributed by atoms with Crippen LogP contribution in [0, 0.1) is 20.8 Å². The summed E-state index contributed by atoms with van der Waals surface area (Å²) in [6.45, 7) is 9.91. The van der Waals surface area contributed by atoms with Gasteiger partial charge >= 0.3 is 0 Å². The third-order valence-corrected chi connectivity index (χ3v) is 5.46. The van der Waals surface area contributed by atoms with Crippen LogP contribution >= 0.6 is 11.3 Å². The van der Waals surface area contributed by atoms with Gasteiger partial charge in [0.1, 0.15) is 16.5 Å². The normalized spacial score (nSPS) is 15.1. The van der Waals surface area contributed by atoms with Gasteiger partial charge in [0, 0.05) is 23.7 Å². The third-order valence-electron chi connectivity index (χ3n) is 4.38. The molecule has 0 radical (unpaired) electrons. The Balaban J connectivity index is 1.65. The average Bonchev–Trinajstić information content (AvgIpc) is 3.14. The number of ether oxygens (including phenoxy) is 1. The molecule has 0 unspecified atom stereocenters. The molecule has 1 aliphatic heterocycles. The topological polar surface area (TPSA) is 79.0 Å². The zero-order valence-corrected chi connectivity index (χ0v) is 15.5. The lowest BCUT2D eigenvalue weighted by Crippen LogP contribution is -2.37. The Morgan fingerprint density at radius 1 is 1.20 bits per heavy atom. The Hall–Kier alpha value is -2.19. The molecule has 0 bridgehead atoms. The first-order chi connectivity index (χ1) is 12.1. The molecule has 0 atom stereocenters. The summed E-state index contributed by atoms with van der Waals surface area (Å²) >= 11 is 1.72. The lowest BCUT2D eigenvalue weighted by atomic mass is 10.3. The number of H-pyrrole nitrogens is 1. The molecule has 1 saturated heterocycles. The standard InChI is InChI=1S/C17H22N6OS/c1-10-8-13-15(18-9-14-20-11(2)12(3)25-14)21-17(22-16(13)19-10)23-4-6-24-7-5-23/h8H,4-7,9H2,1-3H3,(H2,18,19,21,22). The molecule has 132 valence electrons. The minimum Gasteiger partial charge on any atom is -0.378 e. The van der Waals surface area contributed by atoms with Gasteiger partial charge in [-0.25, -0.2) is 4.98 Å². The molecule has 1 aliphatic rings. The van der Waals surface area contributed by atoms with Crippen LogP contribution in [0.1, 0.15) is 21.3 Å². The third kappa shape index (κ3) is 3.32. The van der Waals surface area contributed by atoms with Gasteiger partial charge in [0.2, 0.25) is 5.95 Å². The largest absolute Gasteiger partial charge is 0.378 e. The number of hydrogen-bond donors (Lipinski definition) is 2. The second-order valence-corrected chi connectivity index (χ2v) is 7.58. The lowest BCUT2D eigenvalue weighted by molar-refractivity contribution is 0.122. The minimum atomic E-state index is 0.665. The first-order valence-electron chi connectivity index (χ1n) is 8.47. The molecule has 8 heteroatoms. The number of nitrogens with zero attached hydrogens (tertiary/aromatic N) is 4. The van der Waals surface area contributed by atoms with Crippen LogP contribution in [0.25, 0.3) is 11.0 Å². The van der Waals surface area contributed by atoms with Crippen molar-refractivity contribution in [3.8, 4) is 0 Å². The van der Waals surface area contributed by atoms with Crippen molar-refractivity contribution in [2.24, 2.45) is 0 Å². The Bertz CT molecular complexity index is 877. The molecule has 0 saturated carbocycles. The van der Waals surface area contributed by atoms with Crippen LogP contribution in [0.2, 0.25) is 0 Å². The Kier molecular flexibility index (Phi) is 4.30. The highest BCUT2D eigenvalue weighted by atomic mass is 32.1. The van der Waals surface area contributed by atoms with Gasteiger partial charge in [-0.1, -0.05) is 0 Å². The number of aromatic nitrogens is 4. The molecular weight excluding hydrogens is 336 g/mol. The van der Waals surface area contributed by atoms with Crippen molar-refractivity contribution in [2.75, 3.05) is 36.5 Å². The molecule has 3 aromatic rings. The molecule has 3 aromatic heterocycles. The molecule has 0 aromatic carbocycles. The monoisotopic (exact) mass is 358 g/mol. The summed E-state index contributed by atoms with van der Waals surface area (Å²) in [6.07, 6.45) is 0. The fraction of sp³-hybridized carbons (Fsp3) is 0.471. The van der Waals surface area contributed by atoms with Crippen molar-refractivity contribution in [1.82, 2.24) is 19.9 Å². The van der Waals surface area contributed by atoms with Crippen molar-refractivity contribution in [3.63, 3.8) is 0 Å². The number of thiazole rings is 1. The van der Waals surface area contributed by atoms with Gasteiger partial charge in [0.25, 0.3) is 0 Å². The molecule has 2 N–H and O–H groups in total. The maximum atomic E-state index is 5.43. The van der Waals surface area contributed by atoms with Crippen LogP contribution in [-0.2, 0) is 11.3 Å². The van der Waals surface area contributed by atoms with E-state index in [9.17, 15) is 0 Å². The van der Waals surface area contributed by atoms with Gasteiger partial charge in [0.15, 0.2) is 0 Å². The lowest BCUT2D eigenvalue weighted by Gasteiger charge is -2.27. The zero-order valence-electron chi connectivity index (χ0n) is 14.7. The average molecular weight is 358 g/mol. The maximum Gasteiger partial charge on any atom is 0.229 e. The number of nitrogens with one attached hydrogen (secondary N) is 2. The molecule has 0 amide bonds. The summed E-state index contributed by atoms with van der Waals surface area (Å²) < 4.78 is 5.43. The predicted molar refractivity (Wildman–Crippen MR) is 101 cm³/mol. The number of rotatable bonds is 4. The van der Waals surface area contributed by atoms with Gasteiger partial charge in [-0.15, -0.1) is 11.3 Å². The first-order valence-corrected chi connectivity index (χ1v) is 9.28. The first kappa shape index (κ1) is 16.3. The summed E-state index contributed by atoms with van der Waals surface area (Å²) in [6, 6.07) is 2.08. The van der Waals surface area contributed by atoms with Gasteiger partial charge in [-0.05, 0) is 26.8 Å². The van der Waals surface area contributed by atoms with Gasteiger partial charge in [-0.2, -0.15) is 9.97 Å². The SMILES string of the molecule is Cc1cc2c(NCc3nc(C)c(C)s3)nc(N3CCOCC3)nc2[nH]1. The van der Waals surface area contributed by atoms with Gasteiger partial charge in [0.05, 0.1) is 30.8 Å². The number of aryl methyl sites for hydroxylation is 3. The molecule has 7 nitrogen and oxygen atoms in total. The summed E-state index contributed by atoms with van der Waals surface area (Å²) in [7, 11) is 0. The van der Waals surface area contributed by atoms with E-state index in [1.165, 1.54) is 4.88 Å². The summed E-state index contributed by atoms with van der Waals surface area (Å²) in [4.78, 5) is 20.8. The highest BCUT2D eigenvalue weighted by Crippen LogP contribution is 2.26. The highest BCUT2D eigenvalue weighted by Gasteiger charge is 2.18. The van der Waals surface area contributed by atoms with Crippen molar-refractivity contribution < 1.29 is 4.74 Å². The molecule has 25 heavy (non-hydrogen) atoms. The number of aromatic amines is 1. The molecule has 0 spiro atoms. The van der Waals surface area contributed by atoms with Crippen LogP contribution in [0.4, 0.5) is 11.8 Å². The van der Waals surface area contributed by atoms with Crippen LogP contribution in [0.15, 0.2) is 6.07 Å². The molecular formula is C17H22N6OS. The summed E-state index contributed by atoms with van der Waals surface area (Å²) in [5.41, 5.74) is 3.04. The number of morpholine rings is 1. The fourth-order valence-electron chi connectivity index (χ4n) is 2.94.